The Balaban J connectivity index is 3.28. The molecule has 0 bridgehead atoms. The van der Waals surface area contributed by atoms with Crippen LogP contribution in [0.2, 0.25) is 5.02 Å². The van der Waals surface area contributed by atoms with Crippen LogP contribution in [0.5, 0.6) is 0 Å². The quantitative estimate of drug-likeness (QED) is 0.856. The lowest BCUT2D eigenvalue weighted by Gasteiger charge is -2.09. The van der Waals surface area contributed by atoms with Crippen molar-refractivity contribution >= 4 is 40.2 Å². The topological polar surface area (TPSA) is 50.2 Å². The van der Waals surface area contributed by atoms with Crippen molar-refractivity contribution in [1.82, 2.24) is 4.98 Å². The van der Waals surface area contributed by atoms with Gasteiger partial charge >= 0.3 is 5.97 Å². The molecule has 1 rings (SSSR count). The minimum atomic E-state index is -2.80. The van der Waals surface area contributed by atoms with Gasteiger partial charge in [-0.15, -0.1) is 0 Å². The summed E-state index contributed by atoms with van der Waals surface area (Å²) in [6.45, 7) is 0. The maximum atomic E-state index is 12.5. The van der Waals surface area contributed by atoms with Crippen molar-refractivity contribution in [3.63, 3.8) is 0 Å². The number of hydrogen-bond donors (Lipinski definition) is 1. The van der Waals surface area contributed by atoms with Crippen molar-refractivity contribution in [2.75, 3.05) is 0 Å². The number of alkyl halides is 2. The molecule has 82 valence electrons. The van der Waals surface area contributed by atoms with E-state index in [9.17, 15) is 13.6 Å². The summed E-state index contributed by atoms with van der Waals surface area (Å²) in [5, 5.41) is 8.75. The molecule has 0 saturated heterocycles. The van der Waals surface area contributed by atoms with Gasteiger partial charge in [0.1, 0.15) is 5.69 Å². The molecule has 0 radical (unpaired) electrons. The molecule has 1 N–H and O–H groups in total. The zero-order valence-corrected chi connectivity index (χ0v) is 10.1. The summed E-state index contributed by atoms with van der Waals surface area (Å²) in [6.07, 6.45) is -2.22. The van der Waals surface area contributed by atoms with Crippen molar-refractivity contribution in [2.24, 2.45) is 0 Å². The number of carboxylic acids is 1. The highest BCUT2D eigenvalue weighted by Crippen LogP contribution is 2.29. The monoisotopic (exact) mass is 347 g/mol. The van der Waals surface area contributed by atoms with Crippen LogP contribution >= 0.6 is 34.2 Å². The molecule has 0 saturated carbocycles. The molecule has 0 aliphatic carbocycles. The maximum absolute atomic E-state index is 12.5. The number of pyridine rings is 1. The average molecular weight is 347 g/mol. The van der Waals surface area contributed by atoms with Crippen molar-refractivity contribution in [3.8, 4) is 0 Å². The van der Waals surface area contributed by atoms with Gasteiger partial charge in [0.25, 0.3) is 6.43 Å². The van der Waals surface area contributed by atoms with E-state index in [0.717, 1.165) is 6.20 Å². The zero-order valence-electron chi connectivity index (χ0n) is 7.18. The van der Waals surface area contributed by atoms with Gasteiger partial charge in [-0.05, 0) is 22.6 Å². The lowest BCUT2D eigenvalue weighted by molar-refractivity contribution is -0.136. The Morgan fingerprint density at radius 2 is 2.27 bits per heavy atom. The average Bonchev–Trinajstić information content (AvgIpc) is 2.12. The standard InChI is InChI=1S/C8H5ClF2INO2/c9-4-2-13-7(8(10)11)3(6(4)12)1-5(14)15/h2,8H,1H2,(H,14,15). The SMILES string of the molecule is O=C(O)Cc1c(C(F)F)ncc(Cl)c1I. The van der Waals surface area contributed by atoms with Gasteiger partial charge in [0.05, 0.1) is 11.4 Å². The van der Waals surface area contributed by atoms with Crippen LogP contribution in [-0.2, 0) is 11.2 Å². The molecule has 0 atom stereocenters. The van der Waals surface area contributed by atoms with Crippen LogP contribution in [0.1, 0.15) is 17.7 Å². The summed E-state index contributed by atoms with van der Waals surface area (Å²) in [6, 6.07) is 0. The molecule has 1 heterocycles. The minimum absolute atomic E-state index is 0.0226. The summed E-state index contributed by atoms with van der Waals surface area (Å²) in [5.41, 5.74) is -0.545. The lowest BCUT2D eigenvalue weighted by Crippen LogP contribution is -2.08. The van der Waals surface area contributed by atoms with Crippen LogP contribution in [0.25, 0.3) is 0 Å². The molecule has 0 unspecified atom stereocenters. The fourth-order valence-corrected chi connectivity index (χ4v) is 1.79. The molecule has 0 aromatic carbocycles. The number of carbonyl (C=O) groups is 1. The maximum Gasteiger partial charge on any atom is 0.307 e. The highest BCUT2D eigenvalue weighted by molar-refractivity contribution is 14.1. The second-order valence-electron chi connectivity index (χ2n) is 2.66. The first kappa shape index (κ1) is 12.6. The van der Waals surface area contributed by atoms with E-state index in [1.807, 2.05) is 0 Å². The Labute approximate surface area is 103 Å². The summed E-state index contributed by atoms with van der Waals surface area (Å²) in [4.78, 5) is 13.9. The summed E-state index contributed by atoms with van der Waals surface area (Å²) >= 11 is 7.39. The molecule has 1 aromatic heterocycles. The second kappa shape index (κ2) is 5.02. The normalized spacial score (nSPS) is 10.7. The number of aliphatic carboxylic acids is 1. The Bertz CT molecular complexity index is 400. The van der Waals surface area contributed by atoms with Crippen molar-refractivity contribution in [2.45, 2.75) is 12.8 Å². The summed E-state index contributed by atoms with van der Waals surface area (Å²) < 4.78 is 25.3. The Morgan fingerprint density at radius 1 is 1.67 bits per heavy atom. The zero-order chi connectivity index (χ0) is 11.6. The molecule has 0 amide bonds. The van der Waals surface area contributed by atoms with Crippen LogP contribution < -0.4 is 0 Å². The highest BCUT2D eigenvalue weighted by Gasteiger charge is 2.20. The van der Waals surface area contributed by atoms with E-state index < -0.39 is 24.5 Å². The third kappa shape index (κ3) is 2.97. The number of aromatic nitrogens is 1. The van der Waals surface area contributed by atoms with Crippen LogP contribution in [0.4, 0.5) is 8.78 Å². The highest BCUT2D eigenvalue weighted by atomic mass is 127. The minimum Gasteiger partial charge on any atom is -0.481 e. The number of carboxylic acid groups (broad SMARTS) is 1. The Kier molecular flexibility index (Phi) is 4.21. The smallest absolute Gasteiger partial charge is 0.307 e. The van der Waals surface area contributed by atoms with Gasteiger partial charge in [-0.25, -0.2) is 8.78 Å². The van der Waals surface area contributed by atoms with Gasteiger partial charge < -0.3 is 5.11 Å². The Hall–Kier alpha value is -0.500. The van der Waals surface area contributed by atoms with E-state index in [1.54, 1.807) is 22.6 Å². The van der Waals surface area contributed by atoms with Gasteiger partial charge in [-0.2, -0.15) is 0 Å². The largest absolute Gasteiger partial charge is 0.481 e. The molecular formula is C8H5ClF2INO2. The third-order valence-electron chi connectivity index (χ3n) is 1.64. The lowest BCUT2D eigenvalue weighted by atomic mass is 10.1. The van der Waals surface area contributed by atoms with Gasteiger partial charge in [0.2, 0.25) is 0 Å². The first-order valence-corrected chi connectivity index (χ1v) is 5.22. The van der Waals surface area contributed by atoms with Crippen LogP contribution in [0, 0.1) is 3.57 Å². The summed E-state index contributed by atoms with van der Waals surface area (Å²) in [7, 11) is 0. The van der Waals surface area contributed by atoms with Gasteiger partial charge in [-0.1, -0.05) is 11.6 Å². The van der Waals surface area contributed by atoms with E-state index in [4.69, 9.17) is 16.7 Å². The fraction of sp³-hybridized carbons (Fsp3) is 0.250. The van der Waals surface area contributed by atoms with E-state index in [1.165, 1.54) is 0 Å². The number of rotatable bonds is 3. The molecule has 0 fully saturated rings. The molecular weight excluding hydrogens is 342 g/mol. The Morgan fingerprint density at radius 3 is 2.73 bits per heavy atom. The van der Waals surface area contributed by atoms with Crippen LogP contribution in [0.3, 0.4) is 0 Å². The molecule has 0 spiro atoms. The molecule has 0 aliphatic rings. The van der Waals surface area contributed by atoms with Crippen molar-refractivity contribution in [3.05, 3.63) is 26.0 Å². The first-order chi connectivity index (χ1) is 6.93. The molecule has 3 nitrogen and oxygen atoms in total. The van der Waals surface area contributed by atoms with Crippen LogP contribution in [-0.4, -0.2) is 16.1 Å². The number of nitrogens with zero attached hydrogens (tertiary/aromatic N) is 1. The molecule has 0 aliphatic heterocycles. The first-order valence-electron chi connectivity index (χ1n) is 3.76. The van der Waals surface area contributed by atoms with E-state index in [0.29, 0.717) is 3.57 Å². The molecule has 1 aromatic rings. The predicted molar refractivity (Wildman–Crippen MR) is 58.3 cm³/mol. The second-order valence-corrected chi connectivity index (χ2v) is 4.14. The van der Waals surface area contributed by atoms with E-state index >= 15 is 0 Å². The predicted octanol–water partition coefficient (Wildman–Crippen LogP) is 2.90. The fourth-order valence-electron chi connectivity index (χ4n) is 1.02. The van der Waals surface area contributed by atoms with Gasteiger partial charge in [0.15, 0.2) is 0 Å². The van der Waals surface area contributed by atoms with Gasteiger partial charge in [0, 0.05) is 15.3 Å². The van der Waals surface area contributed by atoms with Crippen LogP contribution in [0.15, 0.2) is 6.20 Å². The molecule has 7 heteroatoms. The van der Waals surface area contributed by atoms with Crippen molar-refractivity contribution < 1.29 is 18.7 Å². The number of halogens is 4. The van der Waals surface area contributed by atoms with Crippen molar-refractivity contribution in [1.29, 1.82) is 0 Å². The third-order valence-corrected chi connectivity index (χ3v) is 3.47. The summed E-state index contributed by atoms with van der Waals surface area (Å²) in [5.74, 6) is -1.20. The van der Waals surface area contributed by atoms with Gasteiger partial charge in [-0.3, -0.25) is 9.78 Å². The van der Waals surface area contributed by atoms with E-state index in [2.05, 4.69) is 4.98 Å². The molecule has 15 heavy (non-hydrogen) atoms. The van der Waals surface area contributed by atoms with E-state index in [-0.39, 0.29) is 10.6 Å². The number of hydrogen-bond acceptors (Lipinski definition) is 2.